The third-order valence-corrected chi connectivity index (χ3v) is 5.76. The van der Waals surface area contributed by atoms with Gasteiger partial charge in [0.25, 0.3) is 5.69 Å². The fourth-order valence-corrected chi connectivity index (χ4v) is 4.76. The molecule has 2 aromatic carbocycles. The first kappa shape index (κ1) is 23.6. The van der Waals surface area contributed by atoms with E-state index in [-0.39, 0.29) is 34.0 Å². The van der Waals surface area contributed by atoms with Crippen LogP contribution in [-0.2, 0) is 10.0 Å². The highest BCUT2D eigenvalue weighted by Crippen LogP contribution is 2.33. The summed E-state index contributed by atoms with van der Waals surface area (Å²) in [6, 6.07) is 8.59. The number of sulfonamides is 1. The summed E-state index contributed by atoms with van der Waals surface area (Å²) in [5.74, 6) is 0.315. The molecule has 158 valence electrons. The molecule has 0 spiro atoms. The van der Waals surface area contributed by atoms with E-state index in [2.05, 4.69) is 4.72 Å². The van der Waals surface area contributed by atoms with Crippen molar-refractivity contribution in [1.29, 1.82) is 0 Å². The fraction of sp³-hybridized carbons (Fsp3) is 0.368. The number of rotatable bonds is 9. The molecular weight excluding hydrogens is 437 g/mol. The molecular formula is C19H24Cl2N3O4S+. The van der Waals surface area contributed by atoms with Crippen LogP contribution in [0.1, 0.15) is 13.8 Å². The van der Waals surface area contributed by atoms with Gasteiger partial charge in [-0.15, -0.1) is 0 Å². The Morgan fingerprint density at radius 2 is 1.72 bits per heavy atom. The number of hydrogen-bond donors (Lipinski definition) is 2. The molecule has 7 nitrogen and oxygen atoms in total. The predicted molar refractivity (Wildman–Crippen MR) is 114 cm³/mol. The van der Waals surface area contributed by atoms with Gasteiger partial charge in [0.15, 0.2) is 0 Å². The highest BCUT2D eigenvalue weighted by Gasteiger charge is 2.27. The van der Waals surface area contributed by atoms with Crippen molar-refractivity contribution < 1.29 is 18.3 Å². The zero-order valence-electron chi connectivity index (χ0n) is 16.6. The summed E-state index contributed by atoms with van der Waals surface area (Å²) in [6.07, 6.45) is 0. The van der Waals surface area contributed by atoms with E-state index >= 15 is 0 Å². The molecule has 0 heterocycles. The lowest BCUT2D eigenvalue weighted by Crippen LogP contribution is -2.55. The van der Waals surface area contributed by atoms with Gasteiger partial charge >= 0.3 is 0 Å². The first-order valence-corrected chi connectivity index (χ1v) is 11.0. The van der Waals surface area contributed by atoms with E-state index in [9.17, 15) is 13.3 Å². The molecule has 0 fully saturated rings. The number of halogens is 2. The summed E-state index contributed by atoms with van der Waals surface area (Å²) < 4.78 is 34.3. The topological polar surface area (TPSA) is 89.7 Å². The highest BCUT2D eigenvalue weighted by molar-refractivity contribution is 7.89. The van der Waals surface area contributed by atoms with E-state index in [4.69, 9.17) is 27.9 Å². The summed E-state index contributed by atoms with van der Waals surface area (Å²) in [7, 11) is -0.135. The Balaban J connectivity index is 2.37. The summed E-state index contributed by atoms with van der Waals surface area (Å²) in [4.78, 5) is 12.9. The normalized spacial score (nSPS) is 12.2. The Kier molecular flexibility index (Phi) is 7.64. The van der Waals surface area contributed by atoms with E-state index in [1.165, 1.54) is 36.4 Å². The minimum absolute atomic E-state index is 0.0419. The Bertz CT molecular complexity index is 975. The Hall–Kier alpha value is -1.71. The average molecular weight is 461 g/mol. The maximum Gasteiger partial charge on any atom is 0.254 e. The van der Waals surface area contributed by atoms with E-state index < -0.39 is 10.0 Å². The van der Waals surface area contributed by atoms with Gasteiger partial charge in [-0.05, 0) is 43.8 Å². The number of nitrogens with one attached hydrogen (secondary N) is 2. The van der Waals surface area contributed by atoms with E-state index in [0.29, 0.717) is 16.6 Å². The van der Waals surface area contributed by atoms with Gasteiger partial charge in [0.2, 0.25) is 10.0 Å². The molecule has 0 unspecified atom stereocenters. The fourth-order valence-electron chi connectivity index (χ4n) is 2.86. The predicted octanol–water partition coefficient (Wildman–Crippen LogP) is 3.13. The quantitative estimate of drug-likeness (QED) is 0.599. The first-order chi connectivity index (χ1) is 13.4. The maximum atomic E-state index is 13.0. The molecule has 0 atom stereocenters. The van der Waals surface area contributed by atoms with Crippen LogP contribution in [0.25, 0.3) is 0 Å². The summed E-state index contributed by atoms with van der Waals surface area (Å²) in [6.45, 7) is 4.79. The molecule has 0 saturated heterocycles. The average Bonchev–Trinajstić information content (AvgIpc) is 2.58. The van der Waals surface area contributed by atoms with Gasteiger partial charge in [-0.1, -0.05) is 37.0 Å². The van der Waals surface area contributed by atoms with Crippen LogP contribution in [0.2, 0.25) is 10.0 Å². The van der Waals surface area contributed by atoms with Crippen LogP contribution in [0.15, 0.2) is 41.3 Å². The van der Waals surface area contributed by atoms with Crippen molar-refractivity contribution in [2.75, 3.05) is 27.2 Å². The number of ether oxygens (including phenoxy) is 1. The largest absolute Gasteiger partial charge is 0.456 e. The zero-order valence-corrected chi connectivity index (χ0v) is 19.0. The van der Waals surface area contributed by atoms with E-state index in [1.54, 1.807) is 5.18 Å². The van der Waals surface area contributed by atoms with Crippen molar-refractivity contribution >= 4 is 38.9 Å². The smallest absolute Gasteiger partial charge is 0.254 e. The van der Waals surface area contributed by atoms with Crippen LogP contribution < -0.4 is 14.6 Å². The minimum atomic E-state index is -3.97. The molecule has 0 bridgehead atoms. The van der Waals surface area contributed by atoms with Crippen molar-refractivity contribution in [3.8, 4) is 11.5 Å². The lowest BCUT2D eigenvalue weighted by molar-refractivity contribution is -0.379. The molecule has 0 saturated carbocycles. The summed E-state index contributed by atoms with van der Waals surface area (Å²) >= 11 is 12.0. The van der Waals surface area contributed by atoms with Gasteiger partial charge in [0.1, 0.15) is 16.4 Å². The van der Waals surface area contributed by atoms with Gasteiger partial charge in [-0.3, -0.25) is 0 Å². The molecule has 29 heavy (non-hydrogen) atoms. The lowest BCUT2D eigenvalue weighted by Gasteiger charge is -2.28. The second kappa shape index (κ2) is 9.40. The molecule has 2 aromatic rings. The Morgan fingerprint density at radius 1 is 1.10 bits per heavy atom. The van der Waals surface area contributed by atoms with Crippen molar-refractivity contribution in [2.45, 2.75) is 18.7 Å². The van der Waals surface area contributed by atoms with Gasteiger partial charge in [0, 0.05) is 45.4 Å². The molecule has 0 aliphatic rings. The molecule has 0 aliphatic heterocycles. The van der Waals surface area contributed by atoms with Crippen LogP contribution in [0.4, 0.5) is 5.69 Å². The molecule has 0 aliphatic carbocycles. The van der Waals surface area contributed by atoms with Gasteiger partial charge in [0.05, 0.1) is 0 Å². The van der Waals surface area contributed by atoms with E-state index in [1.807, 2.05) is 32.8 Å². The Morgan fingerprint density at radius 3 is 2.28 bits per heavy atom. The molecule has 10 heteroatoms. The molecule has 2 rings (SSSR count). The number of hydrogen-bond acceptors (Lipinski definition) is 5. The second-order valence-corrected chi connectivity index (χ2v) is 10.3. The van der Waals surface area contributed by atoms with Crippen LogP contribution in [-0.4, -0.2) is 40.5 Å². The van der Waals surface area contributed by atoms with Crippen LogP contribution >= 0.6 is 23.2 Å². The SMILES string of the molecule is CN(C)CC(C)(C)CNS(=O)(=O)c1cc([NH+]=O)ccc1Oc1cc(Cl)cc(Cl)c1. The van der Waals surface area contributed by atoms with Gasteiger partial charge in [-0.25, -0.2) is 13.1 Å². The maximum absolute atomic E-state index is 13.0. The standard InChI is InChI=1S/C19H23Cl2N3O4S/c1-19(2,12-24(3)4)11-22-29(26,27)18-10-15(23-25)5-6-17(18)28-16-8-13(20)7-14(21)9-16/h5-10,22H,11-12H2,1-4H3/p+1. The minimum Gasteiger partial charge on any atom is -0.456 e. The molecule has 0 amide bonds. The van der Waals surface area contributed by atoms with Crippen molar-refractivity contribution in [1.82, 2.24) is 9.62 Å². The zero-order chi connectivity index (χ0) is 21.8. The highest BCUT2D eigenvalue weighted by atomic mass is 35.5. The summed E-state index contributed by atoms with van der Waals surface area (Å²) in [5, 5.41) is 2.39. The summed E-state index contributed by atoms with van der Waals surface area (Å²) in [5.41, 5.74) is -0.221. The van der Waals surface area contributed by atoms with Crippen molar-refractivity contribution in [2.24, 2.45) is 5.41 Å². The van der Waals surface area contributed by atoms with Crippen LogP contribution in [0, 0.1) is 10.3 Å². The van der Waals surface area contributed by atoms with Gasteiger partial charge in [-0.2, -0.15) is 0 Å². The molecule has 0 aromatic heterocycles. The van der Waals surface area contributed by atoms with Crippen LogP contribution in [0.3, 0.4) is 0 Å². The Labute approximate surface area is 181 Å². The first-order valence-electron chi connectivity index (χ1n) is 8.72. The third-order valence-electron chi connectivity index (χ3n) is 3.90. The van der Waals surface area contributed by atoms with Crippen molar-refractivity contribution in [3.63, 3.8) is 0 Å². The molecule has 2 N–H and O–H groups in total. The number of nitroso groups, excluding NO2 is 1. The number of benzene rings is 2. The van der Waals surface area contributed by atoms with Gasteiger partial charge < -0.3 is 9.64 Å². The monoisotopic (exact) mass is 460 g/mol. The lowest BCUT2D eigenvalue weighted by atomic mass is 9.93. The van der Waals surface area contributed by atoms with Crippen molar-refractivity contribution in [3.05, 3.63) is 51.4 Å². The number of nitrogens with zero attached hydrogens (tertiary/aromatic N) is 1. The third kappa shape index (κ3) is 6.94. The van der Waals surface area contributed by atoms with Crippen LogP contribution in [0.5, 0.6) is 11.5 Å². The molecule has 0 radical (unpaired) electrons. The van der Waals surface area contributed by atoms with E-state index in [0.717, 1.165) is 0 Å². The second-order valence-electron chi connectivity index (χ2n) is 7.70.